The van der Waals surface area contributed by atoms with Gasteiger partial charge in [0.15, 0.2) is 0 Å². The van der Waals surface area contributed by atoms with E-state index >= 15 is 0 Å². The number of rotatable bonds is 4. The summed E-state index contributed by atoms with van der Waals surface area (Å²) in [5.41, 5.74) is 2.94. The van der Waals surface area contributed by atoms with Gasteiger partial charge < -0.3 is 9.88 Å². The minimum Gasteiger partial charge on any atom is -0.348 e. The summed E-state index contributed by atoms with van der Waals surface area (Å²) in [5, 5.41) is 3.18. The van der Waals surface area contributed by atoms with E-state index in [9.17, 15) is 4.79 Å². The maximum absolute atomic E-state index is 13.1. The largest absolute Gasteiger partial charge is 0.348 e. The van der Waals surface area contributed by atoms with Crippen LogP contribution in [-0.4, -0.2) is 15.5 Å². The van der Waals surface area contributed by atoms with Crippen LogP contribution in [0.1, 0.15) is 45.9 Å². The van der Waals surface area contributed by atoms with Crippen LogP contribution in [0.4, 0.5) is 0 Å². The molecule has 2 aliphatic carbocycles. The summed E-state index contributed by atoms with van der Waals surface area (Å²) in [7, 11) is 0. The third kappa shape index (κ3) is 2.19. The van der Waals surface area contributed by atoms with E-state index < -0.39 is 0 Å². The fourth-order valence-electron chi connectivity index (χ4n) is 5.08. The zero-order chi connectivity index (χ0) is 17.8. The molecule has 1 amide bonds. The van der Waals surface area contributed by atoms with Crippen molar-refractivity contribution in [2.45, 2.75) is 53.1 Å². The first-order valence-corrected chi connectivity index (χ1v) is 9.32. The normalized spacial score (nSPS) is 27.2. The molecule has 0 unspecified atom stereocenters. The first kappa shape index (κ1) is 16.4. The van der Waals surface area contributed by atoms with E-state index in [1.807, 2.05) is 18.2 Å². The molecule has 2 atom stereocenters. The number of carbonyl (C=O) groups is 1. The van der Waals surface area contributed by atoms with Crippen LogP contribution in [0.25, 0.3) is 11.0 Å². The minimum atomic E-state index is -0.364. The van der Waals surface area contributed by atoms with Gasteiger partial charge >= 0.3 is 0 Å². The third-order valence-electron chi connectivity index (χ3n) is 6.78. The summed E-state index contributed by atoms with van der Waals surface area (Å²) in [5.74, 6) is 1.65. The van der Waals surface area contributed by atoms with Crippen LogP contribution in [0.5, 0.6) is 0 Å². The van der Waals surface area contributed by atoms with Crippen LogP contribution in [0, 0.1) is 16.7 Å². The lowest BCUT2D eigenvalue weighted by Gasteiger charge is -2.37. The fourth-order valence-corrected chi connectivity index (χ4v) is 5.08. The van der Waals surface area contributed by atoms with Gasteiger partial charge in [-0.05, 0) is 49.7 Å². The van der Waals surface area contributed by atoms with Crippen LogP contribution in [0.2, 0.25) is 0 Å². The lowest BCUT2D eigenvalue weighted by atomic mass is 9.68. The van der Waals surface area contributed by atoms with Crippen LogP contribution in [0.15, 0.2) is 36.4 Å². The van der Waals surface area contributed by atoms with Gasteiger partial charge in [-0.2, -0.15) is 0 Å². The highest BCUT2D eigenvalue weighted by molar-refractivity contribution is 5.87. The number of carbonyl (C=O) groups excluding carboxylic acids is 1. The number of aromatic nitrogens is 2. The second-order valence-electron chi connectivity index (χ2n) is 8.17. The number of amides is 1. The molecular formula is C21H27N3O. The molecule has 4 heteroatoms. The molecule has 2 bridgehead atoms. The van der Waals surface area contributed by atoms with E-state index in [1.165, 1.54) is 0 Å². The van der Waals surface area contributed by atoms with Gasteiger partial charge in [-0.3, -0.25) is 4.79 Å². The molecule has 1 aromatic heterocycles. The minimum absolute atomic E-state index is 0.0756. The molecule has 1 heterocycles. The number of aryl methyl sites for hydroxylation is 1. The average molecular weight is 337 g/mol. The van der Waals surface area contributed by atoms with Gasteiger partial charge in [0, 0.05) is 6.54 Å². The van der Waals surface area contributed by atoms with Crippen molar-refractivity contribution in [1.29, 1.82) is 0 Å². The van der Waals surface area contributed by atoms with Gasteiger partial charge in [-0.15, -0.1) is 0 Å². The monoisotopic (exact) mass is 337 g/mol. The molecule has 0 aliphatic heterocycles. The summed E-state index contributed by atoms with van der Waals surface area (Å²) >= 11 is 0. The Morgan fingerprint density at radius 2 is 2.16 bits per heavy atom. The number of nitrogens with one attached hydrogen (secondary N) is 1. The number of benzene rings is 1. The zero-order valence-corrected chi connectivity index (χ0v) is 15.4. The predicted octanol–water partition coefficient (Wildman–Crippen LogP) is 4.05. The van der Waals surface area contributed by atoms with Gasteiger partial charge in [-0.25, -0.2) is 4.98 Å². The smallest absolute Gasteiger partial charge is 0.230 e. The maximum atomic E-state index is 13.1. The van der Waals surface area contributed by atoms with Crippen molar-refractivity contribution < 1.29 is 4.79 Å². The van der Waals surface area contributed by atoms with Gasteiger partial charge in [0.25, 0.3) is 0 Å². The average Bonchev–Trinajstić information content (AvgIpc) is 3.25. The molecule has 1 aromatic carbocycles. The Balaban J connectivity index is 1.56. The number of hydrogen-bond acceptors (Lipinski definition) is 2. The van der Waals surface area contributed by atoms with Crippen molar-refractivity contribution in [3.8, 4) is 0 Å². The molecule has 4 rings (SSSR count). The van der Waals surface area contributed by atoms with Gasteiger partial charge in [0.1, 0.15) is 5.82 Å². The van der Waals surface area contributed by atoms with Crippen molar-refractivity contribution >= 4 is 16.9 Å². The van der Waals surface area contributed by atoms with Crippen LogP contribution in [-0.2, 0) is 17.9 Å². The summed E-state index contributed by atoms with van der Waals surface area (Å²) in [6.07, 6.45) is 3.03. The summed E-state index contributed by atoms with van der Waals surface area (Å²) in [6.45, 7) is 12.2. The highest BCUT2D eigenvalue weighted by atomic mass is 16.2. The standard InChI is InChI=1S/C21H27N3O/c1-5-24-17-9-7-6-8-16(17)23-18(24)13-22-19(25)21-11-10-15(12-21)20(3,4)14(21)2/h6-9,15H,2,5,10-13H2,1,3-4H3,(H,22,25)/t15-,21+/m1/s1. The lowest BCUT2D eigenvalue weighted by Crippen LogP contribution is -2.41. The molecule has 2 aromatic rings. The number of hydrogen-bond donors (Lipinski definition) is 1. The van der Waals surface area contributed by atoms with Crippen molar-refractivity contribution in [2.24, 2.45) is 16.7 Å². The zero-order valence-electron chi connectivity index (χ0n) is 15.4. The van der Waals surface area contributed by atoms with Gasteiger partial charge in [-0.1, -0.05) is 38.1 Å². The first-order chi connectivity index (χ1) is 11.9. The first-order valence-electron chi connectivity index (χ1n) is 9.32. The highest BCUT2D eigenvalue weighted by Gasteiger charge is 2.60. The molecule has 1 N–H and O–H groups in total. The number of fused-ring (bicyclic) bond motifs is 3. The van der Waals surface area contributed by atoms with E-state index in [-0.39, 0.29) is 16.7 Å². The molecule has 2 saturated carbocycles. The molecular weight excluding hydrogens is 310 g/mol. The molecule has 2 fully saturated rings. The SMILES string of the molecule is C=C1C(C)(C)[C@@H]2CC[C@]1(C(=O)NCc1nc3ccccc3n1CC)C2. The summed E-state index contributed by atoms with van der Waals surface area (Å²) in [6, 6.07) is 8.13. The lowest BCUT2D eigenvalue weighted by molar-refractivity contribution is -0.129. The Labute approximate surface area is 149 Å². The second kappa shape index (κ2) is 5.45. The molecule has 0 radical (unpaired) electrons. The van der Waals surface area contributed by atoms with Crippen LogP contribution < -0.4 is 5.32 Å². The van der Waals surface area contributed by atoms with E-state index in [4.69, 9.17) is 4.98 Å². The Hall–Kier alpha value is -2.10. The van der Waals surface area contributed by atoms with Crippen LogP contribution >= 0.6 is 0 Å². The number of nitrogens with zero attached hydrogens (tertiary/aromatic N) is 2. The van der Waals surface area contributed by atoms with Crippen molar-refractivity contribution in [3.63, 3.8) is 0 Å². The molecule has 2 aliphatic rings. The Morgan fingerprint density at radius 3 is 2.84 bits per heavy atom. The Kier molecular flexibility index (Phi) is 3.57. The number of imidazole rings is 1. The predicted molar refractivity (Wildman–Crippen MR) is 99.9 cm³/mol. The molecule has 25 heavy (non-hydrogen) atoms. The molecule has 132 valence electrons. The van der Waals surface area contributed by atoms with Gasteiger partial charge in [0.05, 0.1) is 23.0 Å². The van der Waals surface area contributed by atoms with E-state index in [0.29, 0.717) is 12.5 Å². The molecule has 0 saturated heterocycles. The van der Waals surface area contributed by atoms with E-state index in [0.717, 1.165) is 48.2 Å². The topological polar surface area (TPSA) is 46.9 Å². The fraction of sp³-hybridized carbons (Fsp3) is 0.524. The highest BCUT2D eigenvalue weighted by Crippen LogP contribution is 2.65. The molecule has 0 spiro atoms. The quantitative estimate of drug-likeness (QED) is 0.856. The second-order valence-corrected chi connectivity index (χ2v) is 8.17. The van der Waals surface area contributed by atoms with E-state index in [1.54, 1.807) is 0 Å². The Bertz CT molecular complexity index is 863. The summed E-state index contributed by atoms with van der Waals surface area (Å²) in [4.78, 5) is 17.8. The van der Waals surface area contributed by atoms with Crippen molar-refractivity contribution in [3.05, 3.63) is 42.2 Å². The van der Waals surface area contributed by atoms with Crippen molar-refractivity contribution in [2.75, 3.05) is 0 Å². The Morgan fingerprint density at radius 1 is 1.40 bits per heavy atom. The number of para-hydroxylation sites is 2. The summed E-state index contributed by atoms with van der Waals surface area (Å²) < 4.78 is 2.18. The third-order valence-corrected chi connectivity index (χ3v) is 6.78. The van der Waals surface area contributed by atoms with Crippen molar-refractivity contribution in [1.82, 2.24) is 14.9 Å². The molecule has 4 nitrogen and oxygen atoms in total. The maximum Gasteiger partial charge on any atom is 0.230 e. The van der Waals surface area contributed by atoms with Crippen LogP contribution in [0.3, 0.4) is 0 Å². The van der Waals surface area contributed by atoms with E-state index in [2.05, 4.69) is 43.3 Å². The van der Waals surface area contributed by atoms with Gasteiger partial charge in [0.2, 0.25) is 5.91 Å².